The summed E-state index contributed by atoms with van der Waals surface area (Å²) in [5.74, 6) is -0.487. The molecular weight excluding hydrogens is 459 g/mol. The second-order valence-corrected chi connectivity index (χ2v) is 10.1. The summed E-state index contributed by atoms with van der Waals surface area (Å²) >= 11 is 3.50. The van der Waals surface area contributed by atoms with Gasteiger partial charge in [0.15, 0.2) is 0 Å². The van der Waals surface area contributed by atoms with Gasteiger partial charge in [0.2, 0.25) is 5.88 Å². The fourth-order valence-electron chi connectivity index (χ4n) is 3.87. The molecule has 150 valence electrons. The molecule has 0 amide bonds. The number of aromatic nitrogens is 2. The van der Waals surface area contributed by atoms with Crippen LogP contribution in [0.5, 0.6) is 5.88 Å². The van der Waals surface area contributed by atoms with Crippen molar-refractivity contribution in [2.45, 2.75) is 31.6 Å². The monoisotopic (exact) mass is 476 g/mol. The van der Waals surface area contributed by atoms with Gasteiger partial charge in [-0.25, -0.2) is 4.39 Å². The number of nitrogens with zero attached hydrogens (tertiary/aromatic N) is 2. The summed E-state index contributed by atoms with van der Waals surface area (Å²) in [6, 6.07) is 11.8. The third-order valence-electron chi connectivity index (χ3n) is 5.43. The molecule has 1 atom stereocenters. The third kappa shape index (κ3) is 3.38. The van der Waals surface area contributed by atoms with Crippen molar-refractivity contribution >= 4 is 26.0 Å². The normalized spacial score (nSPS) is 20.2. The fraction of sp³-hybridized carbons (Fsp3) is 0.286. The van der Waals surface area contributed by atoms with Crippen molar-refractivity contribution in [2.24, 2.45) is 0 Å². The van der Waals surface area contributed by atoms with Crippen molar-refractivity contribution < 1.29 is 17.0 Å². The standard InChI is InChI=1S/C21H18BrFN2O3S/c1-12-9-14(7-8-18(12)22)17-11-29(26,27)28-21-19(17)20(13-5-6-13)24-25(21)16-4-2-3-15(23)10-16/h2-4,7-10,13,17H,5-6,11H2,1H3. The molecule has 0 spiro atoms. The summed E-state index contributed by atoms with van der Waals surface area (Å²) in [6.45, 7) is 1.97. The van der Waals surface area contributed by atoms with Gasteiger partial charge in [0, 0.05) is 21.9 Å². The van der Waals surface area contributed by atoms with Crippen molar-refractivity contribution in [1.29, 1.82) is 0 Å². The van der Waals surface area contributed by atoms with Crippen molar-refractivity contribution in [3.05, 3.63) is 75.1 Å². The van der Waals surface area contributed by atoms with Crippen LogP contribution in [0.2, 0.25) is 0 Å². The lowest BCUT2D eigenvalue weighted by molar-refractivity contribution is 0.446. The maximum Gasteiger partial charge on any atom is 0.311 e. The fourth-order valence-corrected chi connectivity index (χ4v) is 5.35. The highest BCUT2D eigenvalue weighted by Gasteiger charge is 2.42. The van der Waals surface area contributed by atoms with Crippen LogP contribution in [0.1, 0.15) is 47.1 Å². The van der Waals surface area contributed by atoms with Gasteiger partial charge in [0.1, 0.15) is 5.82 Å². The summed E-state index contributed by atoms with van der Waals surface area (Å²) in [4.78, 5) is 0. The Bertz CT molecular complexity index is 1230. The Morgan fingerprint density at radius 1 is 1.21 bits per heavy atom. The molecular formula is C21H18BrFN2O3S. The average molecular weight is 477 g/mol. The number of aryl methyl sites for hydroxylation is 1. The smallest absolute Gasteiger partial charge is 0.311 e. The summed E-state index contributed by atoms with van der Waals surface area (Å²) in [5.41, 5.74) is 4.02. The highest BCUT2D eigenvalue weighted by molar-refractivity contribution is 9.10. The van der Waals surface area contributed by atoms with E-state index in [9.17, 15) is 12.8 Å². The van der Waals surface area contributed by atoms with Crippen LogP contribution >= 0.6 is 15.9 Å². The van der Waals surface area contributed by atoms with Crippen LogP contribution in [0.3, 0.4) is 0 Å². The minimum atomic E-state index is -3.82. The Hall–Kier alpha value is -2.19. The van der Waals surface area contributed by atoms with Gasteiger partial charge >= 0.3 is 10.1 Å². The van der Waals surface area contributed by atoms with Crippen LogP contribution in [0.25, 0.3) is 5.69 Å². The first kappa shape index (κ1) is 18.8. The zero-order valence-corrected chi connectivity index (χ0v) is 18.0. The van der Waals surface area contributed by atoms with Crippen molar-refractivity contribution in [1.82, 2.24) is 9.78 Å². The molecule has 1 aliphatic heterocycles. The van der Waals surface area contributed by atoms with E-state index in [0.717, 1.165) is 39.7 Å². The second kappa shape index (κ2) is 6.67. The van der Waals surface area contributed by atoms with Gasteiger partial charge in [0.25, 0.3) is 0 Å². The van der Waals surface area contributed by atoms with Crippen LogP contribution in [0.4, 0.5) is 4.39 Å². The van der Waals surface area contributed by atoms with Gasteiger partial charge in [-0.3, -0.25) is 0 Å². The quantitative estimate of drug-likeness (QED) is 0.508. The molecule has 0 bridgehead atoms. The number of halogens is 2. The molecule has 5 nitrogen and oxygen atoms in total. The van der Waals surface area contributed by atoms with E-state index < -0.39 is 15.9 Å². The highest BCUT2D eigenvalue weighted by atomic mass is 79.9. The van der Waals surface area contributed by atoms with E-state index in [-0.39, 0.29) is 23.5 Å². The highest BCUT2D eigenvalue weighted by Crippen LogP contribution is 2.50. The zero-order chi connectivity index (χ0) is 20.3. The summed E-state index contributed by atoms with van der Waals surface area (Å²) in [5, 5.41) is 4.70. The number of fused-ring (bicyclic) bond motifs is 1. The number of rotatable bonds is 3. The number of hydrogen-bond acceptors (Lipinski definition) is 4. The molecule has 0 radical (unpaired) electrons. The van der Waals surface area contributed by atoms with Crippen molar-refractivity contribution in [3.63, 3.8) is 0 Å². The van der Waals surface area contributed by atoms with E-state index in [4.69, 9.17) is 9.28 Å². The molecule has 2 heterocycles. The molecule has 1 aliphatic carbocycles. The minimum Gasteiger partial charge on any atom is -0.361 e. The Morgan fingerprint density at radius 3 is 2.69 bits per heavy atom. The molecule has 0 N–H and O–H groups in total. The van der Waals surface area contributed by atoms with E-state index >= 15 is 0 Å². The molecule has 5 rings (SSSR count). The topological polar surface area (TPSA) is 61.2 Å². The lowest BCUT2D eigenvalue weighted by Crippen LogP contribution is -2.27. The Balaban J connectivity index is 1.75. The number of hydrogen-bond donors (Lipinski definition) is 0. The molecule has 1 fully saturated rings. The van der Waals surface area contributed by atoms with Crippen LogP contribution in [-0.2, 0) is 10.1 Å². The molecule has 3 aromatic rings. The van der Waals surface area contributed by atoms with Gasteiger partial charge in [-0.2, -0.15) is 18.2 Å². The van der Waals surface area contributed by atoms with Gasteiger partial charge in [-0.05, 0) is 55.2 Å². The Labute approximate surface area is 176 Å². The van der Waals surface area contributed by atoms with Crippen molar-refractivity contribution in [3.8, 4) is 11.6 Å². The lowest BCUT2D eigenvalue weighted by atomic mass is 9.90. The molecule has 1 aromatic heterocycles. The first-order valence-electron chi connectivity index (χ1n) is 9.39. The van der Waals surface area contributed by atoms with E-state index in [1.807, 2.05) is 25.1 Å². The van der Waals surface area contributed by atoms with E-state index in [1.54, 1.807) is 12.1 Å². The SMILES string of the molecule is Cc1cc(C2CS(=O)(=O)Oc3c2c(C2CC2)nn3-c2cccc(F)c2)ccc1Br. The summed E-state index contributed by atoms with van der Waals surface area (Å²) in [7, 11) is -3.82. The predicted octanol–water partition coefficient (Wildman–Crippen LogP) is 4.81. The van der Waals surface area contributed by atoms with Crippen LogP contribution in [0.15, 0.2) is 46.9 Å². The third-order valence-corrected chi connectivity index (χ3v) is 7.48. The second-order valence-electron chi connectivity index (χ2n) is 7.64. The molecule has 29 heavy (non-hydrogen) atoms. The van der Waals surface area contributed by atoms with Gasteiger partial charge in [0.05, 0.1) is 17.1 Å². The van der Waals surface area contributed by atoms with Crippen LogP contribution in [0, 0.1) is 12.7 Å². The molecule has 8 heteroatoms. The summed E-state index contributed by atoms with van der Waals surface area (Å²) in [6.07, 6.45) is 2.01. The maximum atomic E-state index is 13.8. The lowest BCUT2D eigenvalue weighted by Gasteiger charge is -2.25. The van der Waals surface area contributed by atoms with E-state index in [0.29, 0.717) is 5.69 Å². The van der Waals surface area contributed by atoms with Gasteiger partial charge < -0.3 is 4.18 Å². The average Bonchev–Trinajstić information content (AvgIpc) is 3.44. The summed E-state index contributed by atoms with van der Waals surface area (Å²) < 4.78 is 47.0. The van der Waals surface area contributed by atoms with Gasteiger partial charge in [-0.15, -0.1) is 0 Å². The minimum absolute atomic E-state index is 0.143. The van der Waals surface area contributed by atoms with E-state index in [2.05, 4.69) is 15.9 Å². The van der Waals surface area contributed by atoms with Crippen LogP contribution in [-0.4, -0.2) is 24.0 Å². The first-order chi connectivity index (χ1) is 13.8. The number of benzene rings is 2. The van der Waals surface area contributed by atoms with Gasteiger partial charge in [-0.1, -0.05) is 34.1 Å². The molecule has 0 saturated heterocycles. The molecule has 1 saturated carbocycles. The van der Waals surface area contributed by atoms with E-state index in [1.165, 1.54) is 16.8 Å². The first-order valence-corrected chi connectivity index (χ1v) is 11.8. The molecule has 1 unspecified atom stereocenters. The molecule has 2 aromatic carbocycles. The Morgan fingerprint density at radius 2 is 2.00 bits per heavy atom. The molecule has 2 aliphatic rings. The Kier molecular flexibility index (Phi) is 4.33. The predicted molar refractivity (Wildman–Crippen MR) is 111 cm³/mol. The van der Waals surface area contributed by atoms with Crippen molar-refractivity contribution in [2.75, 3.05) is 5.75 Å². The largest absolute Gasteiger partial charge is 0.361 e. The van der Waals surface area contributed by atoms with Crippen LogP contribution < -0.4 is 4.18 Å². The maximum absolute atomic E-state index is 13.8. The zero-order valence-electron chi connectivity index (χ0n) is 15.6.